The summed E-state index contributed by atoms with van der Waals surface area (Å²) in [4.78, 5) is 30.4. The van der Waals surface area contributed by atoms with E-state index in [1.54, 1.807) is 24.3 Å². The number of carbonyl (C=O) groups excluding carboxylic acids is 1. The molecule has 0 bridgehead atoms. The molecule has 0 aliphatic heterocycles. The zero-order chi connectivity index (χ0) is 21.3. The Morgan fingerprint density at radius 3 is 2.53 bits per heavy atom. The first-order valence-electron chi connectivity index (χ1n) is 9.19. The number of nitrogens with zero attached hydrogens (tertiary/aromatic N) is 2. The number of aromatic nitrogens is 2. The molecule has 0 spiro atoms. The highest BCUT2D eigenvalue weighted by Gasteiger charge is 2.16. The number of hydrogen-bond acceptors (Lipinski definition) is 5. The second kappa shape index (κ2) is 8.63. The first kappa shape index (κ1) is 20.7. The molecule has 8 heteroatoms. The Bertz CT molecular complexity index is 1280. The van der Waals surface area contributed by atoms with Gasteiger partial charge in [-0.15, -0.1) is 11.3 Å². The van der Waals surface area contributed by atoms with E-state index in [1.165, 1.54) is 27.7 Å². The highest BCUT2D eigenvalue weighted by Crippen LogP contribution is 2.25. The van der Waals surface area contributed by atoms with E-state index in [2.05, 4.69) is 10.3 Å². The molecule has 2 aromatic carbocycles. The van der Waals surface area contributed by atoms with Crippen LogP contribution in [0.1, 0.15) is 11.1 Å². The molecule has 152 valence electrons. The predicted octanol–water partition coefficient (Wildman–Crippen LogP) is 5.45. The van der Waals surface area contributed by atoms with Crippen LogP contribution >= 0.6 is 34.7 Å². The van der Waals surface area contributed by atoms with Crippen molar-refractivity contribution in [1.82, 2.24) is 9.55 Å². The molecule has 2 aromatic heterocycles. The highest BCUT2D eigenvalue weighted by molar-refractivity contribution is 7.99. The van der Waals surface area contributed by atoms with Gasteiger partial charge in [-0.1, -0.05) is 41.6 Å². The average Bonchev–Trinajstić information content (AvgIpc) is 3.19. The molecule has 4 aromatic rings. The molecule has 0 fully saturated rings. The number of aryl methyl sites for hydroxylation is 2. The molecule has 1 amide bonds. The second-order valence-corrected chi connectivity index (χ2v) is 9.05. The van der Waals surface area contributed by atoms with E-state index < -0.39 is 0 Å². The van der Waals surface area contributed by atoms with Crippen LogP contribution in [0, 0.1) is 13.8 Å². The maximum Gasteiger partial charge on any atom is 0.276 e. The minimum atomic E-state index is -0.157. The molecule has 0 radical (unpaired) electrons. The van der Waals surface area contributed by atoms with Crippen molar-refractivity contribution >= 4 is 56.5 Å². The van der Waals surface area contributed by atoms with E-state index in [9.17, 15) is 9.59 Å². The van der Waals surface area contributed by atoms with Crippen molar-refractivity contribution in [2.75, 3.05) is 11.1 Å². The number of carbonyl (C=O) groups is 1. The fourth-order valence-corrected chi connectivity index (χ4v) is 4.82. The Balaban J connectivity index is 1.65. The van der Waals surface area contributed by atoms with Crippen LogP contribution in [0.2, 0.25) is 5.02 Å². The normalized spacial score (nSPS) is 11.0. The van der Waals surface area contributed by atoms with E-state index in [0.717, 1.165) is 16.8 Å². The third-order valence-electron chi connectivity index (χ3n) is 4.61. The topological polar surface area (TPSA) is 64.0 Å². The molecule has 1 N–H and O–H groups in total. The van der Waals surface area contributed by atoms with Crippen LogP contribution < -0.4 is 10.9 Å². The van der Waals surface area contributed by atoms with Gasteiger partial charge < -0.3 is 5.32 Å². The zero-order valence-corrected chi connectivity index (χ0v) is 18.7. The largest absolute Gasteiger partial charge is 0.325 e. The van der Waals surface area contributed by atoms with Crippen molar-refractivity contribution < 1.29 is 4.79 Å². The molecule has 0 saturated heterocycles. The molecule has 0 aliphatic carbocycles. The first-order valence-corrected chi connectivity index (χ1v) is 11.4. The highest BCUT2D eigenvalue weighted by atomic mass is 35.5. The monoisotopic (exact) mass is 455 g/mol. The number of halogens is 1. The van der Waals surface area contributed by atoms with E-state index in [0.29, 0.717) is 26.1 Å². The number of thiophene rings is 1. The summed E-state index contributed by atoms with van der Waals surface area (Å²) in [6, 6.07) is 14.7. The van der Waals surface area contributed by atoms with Gasteiger partial charge in [0.25, 0.3) is 5.56 Å². The van der Waals surface area contributed by atoms with Gasteiger partial charge in [-0.2, -0.15) is 0 Å². The number of amides is 1. The zero-order valence-electron chi connectivity index (χ0n) is 16.3. The molecule has 0 saturated carbocycles. The van der Waals surface area contributed by atoms with Crippen LogP contribution in [0.4, 0.5) is 5.69 Å². The lowest BCUT2D eigenvalue weighted by Gasteiger charge is -2.13. The summed E-state index contributed by atoms with van der Waals surface area (Å²) in [5.74, 6) is -0.0246. The van der Waals surface area contributed by atoms with Gasteiger partial charge in [0, 0.05) is 10.7 Å². The van der Waals surface area contributed by atoms with E-state index >= 15 is 0 Å². The fourth-order valence-electron chi connectivity index (χ4n) is 3.12. The van der Waals surface area contributed by atoms with Gasteiger partial charge in [-0.3, -0.25) is 14.2 Å². The fraction of sp³-hybridized carbons (Fsp3) is 0.136. The number of thioether (sulfide) groups is 1. The number of hydrogen-bond donors (Lipinski definition) is 1. The molecule has 5 nitrogen and oxygen atoms in total. The lowest BCUT2D eigenvalue weighted by atomic mass is 10.1. The third kappa shape index (κ3) is 4.14. The molecule has 4 rings (SSSR count). The van der Waals surface area contributed by atoms with E-state index in [4.69, 9.17) is 11.6 Å². The third-order valence-corrected chi connectivity index (χ3v) is 6.69. The summed E-state index contributed by atoms with van der Waals surface area (Å²) in [6.07, 6.45) is 0. The van der Waals surface area contributed by atoms with Gasteiger partial charge in [0.05, 0.1) is 17.0 Å². The van der Waals surface area contributed by atoms with Crippen molar-refractivity contribution in [3.8, 4) is 5.69 Å². The van der Waals surface area contributed by atoms with Gasteiger partial charge in [-0.25, -0.2) is 4.98 Å². The van der Waals surface area contributed by atoms with Crippen molar-refractivity contribution in [2.24, 2.45) is 0 Å². The van der Waals surface area contributed by atoms with Crippen molar-refractivity contribution in [2.45, 2.75) is 19.0 Å². The molecule has 2 heterocycles. The summed E-state index contributed by atoms with van der Waals surface area (Å²) in [5, 5.41) is 5.86. The lowest BCUT2D eigenvalue weighted by Crippen LogP contribution is -2.22. The Kier molecular flexibility index (Phi) is 5.94. The van der Waals surface area contributed by atoms with Crippen molar-refractivity contribution in [1.29, 1.82) is 0 Å². The SMILES string of the molecule is Cc1cccc(C)c1NC(=O)CSc1nc2ccsc2c(=O)n1-c1ccc(Cl)cc1. The molecule has 30 heavy (non-hydrogen) atoms. The standard InChI is InChI=1S/C22H18ClN3O2S2/c1-13-4-3-5-14(2)19(13)25-18(27)12-30-22-24-17-10-11-29-20(17)21(28)26(22)16-8-6-15(23)7-9-16/h3-11H,12H2,1-2H3,(H,25,27). The number of rotatable bonds is 5. The lowest BCUT2D eigenvalue weighted by molar-refractivity contribution is -0.113. The molecule has 0 aliphatic rings. The number of nitrogens with one attached hydrogen (secondary N) is 1. The maximum atomic E-state index is 13.1. The quantitative estimate of drug-likeness (QED) is 0.321. The van der Waals surface area contributed by atoms with Crippen LogP contribution in [-0.4, -0.2) is 21.2 Å². The smallest absolute Gasteiger partial charge is 0.276 e. The molecule has 0 atom stereocenters. The predicted molar refractivity (Wildman–Crippen MR) is 125 cm³/mol. The Morgan fingerprint density at radius 1 is 1.13 bits per heavy atom. The average molecular weight is 456 g/mol. The van der Waals surface area contributed by atoms with Gasteiger partial charge in [0.1, 0.15) is 4.70 Å². The van der Waals surface area contributed by atoms with Gasteiger partial charge in [0.2, 0.25) is 5.91 Å². The molecular formula is C22H18ClN3O2S2. The summed E-state index contributed by atoms with van der Waals surface area (Å²) < 4.78 is 2.11. The minimum Gasteiger partial charge on any atom is -0.325 e. The number of fused-ring (bicyclic) bond motifs is 1. The number of benzene rings is 2. The summed E-state index contributed by atoms with van der Waals surface area (Å²) in [6.45, 7) is 3.92. The van der Waals surface area contributed by atoms with E-state index in [1.807, 2.05) is 43.5 Å². The second-order valence-electron chi connectivity index (χ2n) is 6.75. The Labute approximate surface area is 186 Å². The Hall–Kier alpha value is -2.61. The van der Waals surface area contributed by atoms with Crippen LogP contribution in [-0.2, 0) is 4.79 Å². The first-order chi connectivity index (χ1) is 14.4. The summed E-state index contributed by atoms with van der Waals surface area (Å²) in [7, 11) is 0. The summed E-state index contributed by atoms with van der Waals surface area (Å²) >= 11 is 8.59. The van der Waals surface area contributed by atoms with Crippen LogP contribution in [0.15, 0.2) is 63.9 Å². The van der Waals surface area contributed by atoms with Crippen molar-refractivity contribution in [3.63, 3.8) is 0 Å². The van der Waals surface area contributed by atoms with Crippen molar-refractivity contribution in [3.05, 3.63) is 80.4 Å². The minimum absolute atomic E-state index is 0.128. The van der Waals surface area contributed by atoms with Gasteiger partial charge in [0.15, 0.2) is 5.16 Å². The number of anilines is 1. The Morgan fingerprint density at radius 2 is 1.83 bits per heavy atom. The summed E-state index contributed by atoms with van der Waals surface area (Å²) in [5.41, 5.74) is 3.96. The van der Waals surface area contributed by atoms with Crippen LogP contribution in [0.5, 0.6) is 0 Å². The molecule has 0 unspecified atom stereocenters. The maximum absolute atomic E-state index is 13.1. The van der Waals surface area contributed by atoms with Gasteiger partial charge in [-0.05, 0) is 60.7 Å². The van der Waals surface area contributed by atoms with Crippen LogP contribution in [0.25, 0.3) is 15.9 Å². The van der Waals surface area contributed by atoms with Crippen LogP contribution in [0.3, 0.4) is 0 Å². The van der Waals surface area contributed by atoms with Gasteiger partial charge >= 0.3 is 0 Å². The molecular weight excluding hydrogens is 438 g/mol. The number of para-hydroxylation sites is 1. The van der Waals surface area contributed by atoms with E-state index in [-0.39, 0.29) is 17.2 Å².